The monoisotopic (exact) mass is 463 g/mol. The lowest BCUT2D eigenvalue weighted by atomic mass is 10.0. The van der Waals surface area contributed by atoms with Crippen molar-refractivity contribution in [3.63, 3.8) is 0 Å². The molecule has 0 radical (unpaired) electrons. The number of aliphatic imine (C=N–C) groups is 1. The van der Waals surface area contributed by atoms with Crippen molar-refractivity contribution in [3.8, 4) is 0 Å². The quantitative estimate of drug-likeness (QED) is 0.571. The summed E-state index contributed by atoms with van der Waals surface area (Å²) in [6.07, 6.45) is 3.17. The van der Waals surface area contributed by atoms with E-state index in [1.165, 1.54) is 5.57 Å². The lowest BCUT2D eigenvalue weighted by Gasteiger charge is -2.26. The third kappa shape index (κ3) is 5.52. The largest absolute Gasteiger partial charge is 0.253 e. The summed E-state index contributed by atoms with van der Waals surface area (Å²) >= 11 is 16.7. The second-order valence-electron chi connectivity index (χ2n) is 5.56. The molecule has 0 saturated heterocycles. The third-order valence-corrected chi connectivity index (χ3v) is 21.2. The molecular formula is C14H25NS8. The van der Waals surface area contributed by atoms with Gasteiger partial charge in [0.1, 0.15) is 5.03 Å². The summed E-state index contributed by atoms with van der Waals surface area (Å²) in [4.78, 5) is 4.67. The van der Waals surface area contributed by atoms with E-state index in [-0.39, 0.29) is 28.4 Å². The van der Waals surface area contributed by atoms with Crippen molar-refractivity contribution in [1.82, 2.24) is 0 Å². The van der Waals surface area contributed by atoms with E-state index in [9.17, 15) is 0 Å². The van der Waals surface area contributed by atoms with Crippen LogP contribution in [-0.2, 0) is 79.7 Å². The molecule has 134 valence electrons. The second-order valence-corrected chi connectivity index (χ2v) is 19.1. The highest BCUT2D eigenvalue weighted by Gasteiger charge is 2.27. The minimum absolute atomic E-state index is 0.0307. The number of rotatable bonds is 7. The van der Waals surface area contributed by atoms with Crippen molar-refractivity contribution in [2.75, 3.05) is 0 Å². The first-order valence-corrected chi connectivity index (χ1v) is 16.9. The van der Waals surface area contributed by atoms with E-state index in [0.29, 0.717) is 20.3 Å². The first-order valence-electron chi connectivity index (χ1n) is 7.49. The first kappa shape index (κ1) is 22.6. The summed E-state index contributed by atoms with van der Waals surface area (Å²) in [7, 11) is 3.05. The van der Waals surface area contributed by atoms with Gasteiger partial charge < -0.3 is 0 Å². The van der Waals surface area contributed by atoms with E-state index in [2.05, 4.69) is 52.7 Å². The zero-order valence-electron chi connectivity index (χ0n) is 14.3. The van der Waals surface area contributed by atoms with E-state index in [1.807, 2.05) is 0 Å². The van der Waals surface area contributed by atoms with Gasteiger partial charge >= 0.3 is 0 Å². The summed E-state index contributed by atoms with van der Waals surface area (Å²) in [5.74, 6) is 0.471. The van der Waals surface area contributed by atoms with E-state index >= 15 is 0 Å². The Morgan fingerprint density at radius 3 is 2.09 bits per heavy atom. The molecule has 0 bridgehead atoms. The molecule has 0 spiro atoms. The molecule has 0 amide bonds. The van der Waals surface area contributed by atoms with Crippen molar-refractivity contribution >= 4 is 85.9 Å². The lowest BCUT2D eigenvalue weighted by molar-refractivity contribution is 0.793. The Morgan fingerprint density at radius 1 is 1.13 bits per heavy atom. The Morgan fingerprint density at radius 2 is 1.70 bits per heavy atom. The van der Waals surface area contributed by atoms with Gasteiger partial charge in [0, 0.05) is 17.4 Å². The standard InChI is InChI=1S/C14H25NS8/c1-7-13-8-15-14(10(13)4)21(18)11(5)23(20-17)12(6)22(19-16)9(2)3/h8-9,11-13H,7H2,1-6H3. The van der Waals surface area contributed by atoms with Crippen molar-refractivity contribution in [1.29, 1.82) is 0 Å². The number of nitrogens with zero attached hydrogens (tertiary/aromatic N) is 1. The van der Waals surface area contributed by atoms with Gasteiger partial charge in [-0.05, 0) is 84.1 Å². The zero-order chi connectivity index (χ0) is 17.7. The molecular weight excluding hydrogens is 439 g/mol. The molecule has 6 unspecified atom stereocenters. The molecule has 0 saturated carbocycles. The van der Waals surface area contributed by atoms with Crippen LogP contribution in [-0.4, -0.2) is 20.6 Å². The van der Waals surface area contributed by atoms with Crippen LogP contribution in [0.25, 0.3) is 0 Å². The summed E-state index contributed by atoms with van der Waals surface area (Å²) < 4.78 is 0.873. The molecule has 1 rings (SSSR count). The van der Waals surface area contributed by atoms with Crippen LogP contribution < -0.4 is 0 Å². The summed E-state index contributed by atoms with van der Waals surface area (Å²) in [5.41, 5.74) is 1.36. The number of hydrogen-bond acceptors (Lipinski definition) is 4. The van der Waals surface area contributed by atoms with E-state index < -0.39 is 0 Å². The van der Waals surface area contributed by atoms with Gasteiger partial charge in [0.25, 0.3) is 0 Å². The maximum absolute atomic E-state index is 5.92. The van der Waals surface area contributed by atoms with E-state index in [4.69, 9.17) is 33.6 Å². The van der Waals surface area contributed by atoms with Crippen LogP contribution in [0, 0.1) is 5.92 Å². The minimum Gasteiger partial charge on any atom is -0.253 e. The molecule has 9 heteroatoms. The van der Waals surface area contributed by atoms with Crippen LogP contribution in [0.15, 0.2) is 15.6 Å². The number of allylic oxidation sites excluding steroid dienone is 1. The molecule has 0 aromatic carbocycles. The van der Waals surface area contributed by atoms with Crippen molar-refractivity contribution in [3.05, 3.63) is 10.6 Å². The highest BCUT2D eigenvalue weighted by atomic mass is 33.1. The van der Waals surface area contributed by atoms with Crippen molar-refractivity contribution < 1.29 is 0 Å². The molecule has 23 heavy (non-hydrogen) atoms. The normalized spacial score (nSPS) is 24.4. The maximum atomic E-state index is 5.92. The fraction of sp³-hybridized carbons (Fsp3) is 0.786. The molecule has 0 aromatic rings. The second kappa shape index (κ2) is 10.6. The lowest BCUT2D eigenvalue weighted by Crippen LogP contribution is -2.30. The SMILES string of the molecule is CCC1C=NC(S(=S)C(C)S(=S=S)C(C)S(=S=S)C(C)C)=C1C. The van der Waals surface area contributed by atoms with Crippen molar-refractivity contribution in [2.24, 2.45) is 10.9 Å². The molecule has 0 N–H and O–H groups in total. The van der Waals surface area contributed by atoms with Gasteiger partial charge in [0.15, 0.2) is 0 Å². The summed E-state index contributed by atoms with van der Waals surface area (Å²) in [6.45, 7) is 13.5. The van der Waals surface area contributed by atoms with Crippen LogP contribution in [0.5, 0.6) is 0 Å². The van der Waals surface area contributed by atoms with Gasteiger partial charge in [-0.1, -0.05) is 39.7 Å². The van der Waals surface area contributed by atoms with Gasteiger partial charge in [-0.2, -0.15) is 0 Å². The molecule has 1 aliphatic rings. The maximum Gasteiger partial charge on any atom is 0.100 e. The fourth-order valence-electron chi connectivity index (χ4n) is 2.39. The molecule has 0 aromatic heterocycles. The zero-order valence-corrected chi connectivity index (χ0v) is 20.8. The highest BCUT2D eigenvalue weighted by molar-refractivity contribution is 8.58. The molecule has 1 aliphatic heterocycles. The predicted molar refractivity (Wildman–Crippen MR) is 128 cm³/mol. The van der Waals surface area contributed by atoms with Crippen LogP contribution in [0.4, 0.5) is 0 Å². The van der Waals surface area contributed by atoms with Crippen LogP contribution in [0.1, 0.15) is 48.0 Å². The fourth-order valence-corrected chi connectivity index (χ4v) is 21.6. The smallest absolute Gasteiger partial charge is 0.100 e. The van der Waals surface area contributed by atoms with Gasteiger partial charge in [-0.15, -0.1) is 9.45 Å². The molecule has 0 fully saturated rings. The summed E-state index contributed by atoms with van der Waals surface area (Å²) in [5, 5.41) is 1.72. The molecule has 6 atom stereocenters. The van der Waals surface area contributed by atoms with Crippen LogP contribution in [0.2, 0.25) is 0 Å². The number of hydrogen-bond donors (Lipinski definition) is 0. The van der Waals surface area contributed by atoms with Gasteiger partial charge in [-0.3, -0.25) is 4.99 Å². The third-order valence-electron chi connectivity index (χ3n) is 3.80. The molecule has 1 nitrogen and oxygen atoms in total. The average molecular weight is 464 g/mol. The first-order chi connectivity index (χ1) is 10.8. The van der Waals surface area contributed by atoms with Crippen LogP contribution >= 0.6 is 0 Å². The molecule has 1 heterocycles. The average Bonchev–Trinajstić information content (AvgIpc) is 2.88. The summed E-state index contributed by atoms with van der Waals surface area (Å²) in [6, 6.07) is 0. The van der Waals surface area contributed by atoms with E-state index in [1.54, 1.807) is 17.8 Å². The highest BCUT2D eigenvalue weighted by Crippen LogP contribution is 2.29. The molecule has 0 aliphatic carbocycles. The van der Waals surface area contributed by atoms with Gasteiger partial charge in [0.2, 0.25) is 0 Å². The van der Waals surface area contributed by atoms with Crippen LogP contribution in [0.3, 0.4) is 0 Å². The van der Waals surface area contributed by atoms with Crippen molar-refractivity contribution in [2.45, 2.75) is 62.4 Å². The Labute approximate surface area is 168 Å². The Hall–Kier alpha value is 1.56. The van der Waals surface area contributed by atoms with E-state index in [0.717, 1.165) is 11.4 Å². The minimum atomic E-state index is -0.274. The topological polar surface area (TPSA) is 12.4 Å². The Balaban J connectivity index is 3.12. The Kier molecular flexibility index (Phi) is 10.5. The predicted octanol–water partition coefficient (Wildman–Crippen LogP) is 3.66. The van der Waals surface area contributed by atoms with Gasteiger partial charge in [-0.25, -0.2) is 0 Å². The van der Waals surface area contributed by atoms with Gasteiger partial charge in [0.05, 0.1) is 9.16 Å². The Bertz CT molecular complexity index is 650.